The van der Waals surface area contributed by atoms with Gasteiger partial charge in [0.2, 0.25) is 0 Å². The van der Waals surface area contributed by atoms with Crippen LogP contribution < -0.4 is 14.4 Å². The average Bonchev–Trinajstić information content (AvgIpc) is 3.16. The molecule has 1 saturated heterocycles. The summed E-state index contributed by atoms with van der Waals surface area (Å²) in [7, 11) is 1.29. The van der Waals surface area contributed by atoms with Crippen LogP contribution in [0.3, 0.4) is 0 Å². The van der Waals surface area contributed by atoms with Crippen molar-refractivity contribution >= 4 is 39.1 Å². The normalized spacial score (nSPS) is 21.3. The standard InChI is InChI=1S/C25H18F3N3O5/c1-34-18-10-13(36-25(26,27)28)6-7-17(18)31-21-16(11-24(33)12-35-23(32)22(24)31)14-4-2-8-29-19(14)15-5-3-9-30-20(15)21/h2-10,22,33H,11-12H2,1H3. The lowest BCUT2D eigenvalue weighted by Gasteiger charge is -2.43. The number of anilines is 2. The van der Waals surface area contributed by atoms with Gasteiger partial charge < -0.3 is 24.2 Å². The number of carbonyl (C=O) groups is 1. The summed E-state index contributed by atoms with van der Waals surface area (Å²) in [5, 5.41) is 13.1. The van der Waals surface area contributed by atoms with E-state index in [4.69, 9.17) is 9.47 Å². The van der Waals surface area contributed by atoms with Gasteiger partial charge in [0, 0.05) is 35.7 Å². The third kappa shape index (κ3) is 3.30. The van der Waals surface area contributed by atoms with E-state index < -0.39 is 29.7 Å². The van der Waals surface area contributed by atoms with Crippen molar-refractivity contribution < 1.29 is 37.3 Å². The first-order chi connectivity index (χ1) is 17.2. The van der Waals surface area contributed by atoms with Crippen molar-refractivity contribution in [2.24, 2.45) is 0 Å². The summed E-state index contributed by atoms with van der Waals surface area (Å²) in [6.45, 7) is -0.244. The van der Waals surface area contributed by atoms with Crippen molar-refractivity contribution in [2.75, 3.05) is 18.6 Å². The Hall–Kier alpha value is -4.12. The Morgan fingerprint density at radius 3 is 2.56 bits per heavy atom. The third-order valence-electron chi connectivity index (χ3n) is 6.53. The summed E-state index contributed by atoms with van der Waals surface area (Å²) < 4.78 is 53.3. The number of halogens is 3. The van der Waals surface area contributed by atoms with Crippen molar-refractivity contribution in [3.8, 4) is 11.5 Å². The molecule has 1 N–H and O–H groups in total. The molecule has 11 heteroatoms. The molecule has 6 rings (SSSR count). The molecule has 1 fully saturated rings. The monoisotopic (exact) mass is 497 g/mol. The Morgan fingerprint density at radius 1 is 1.11 bits per heavy atom. The number of aliphatic hydroxyl groups is 1. The van der Waals surface area contributed by atoms with Crippen LogP contribution in [0.4, 0.5) is 24.5 Å². The minimum Gasteiger partial charge on any atom is -0.494 e. The highest BCUT2D eigenvalue weighted by Gasteiger charge is 2.57. The number of pyridine rings is 2. The number of cyclic esters (lactones) is 1. The number of esters is 1. The second kappa shape index (κ2) is 7.69. The number of benzene rings is 2. The molecule has 2 unspecified atom stereocenters. The molecule has 2 aliphatic heterocycles. The Morgan fingerprint density at radius 2 is 1.83 bits per heavy atom. The van der Waals surface area contributed by atoms with Gasteiger partial charge in [-0.3, -0.25) is 9.97 Å². The number of methoxy groups -OCH3 is 1. The number of rotatable bonds is 3. The number of hydrogen-bond acceptors (Lipinski definition) is 8. The van der Waals surface area contributed by atoms with Crippen LogP contribution in [0.25, 0.3) is 21.8 Å². The van der Waals surface area contributed by atoms with Gasteiger partial charge in [0.05, 0.1) is 29.5 Å². The molecule has 184 valence electrons. The molecule has 0 aliphatic carbocycles. The Kier molecular flexibility index (Phi) is 4.77. The molecule has 0 radical (unpaired) electrons. The number of hydrogen-bond donors (Lipinski definition) is 1. The summed E-state index contributed by atoms with van der Waals surface area (Å²) in [5.41, 5.74) is 1.01. The van der Waals surface area contributed by atoms with Crippen LogP contribution >= 0.6 is 0 Å². The first-order valence-electron chi connectivity index (χ1n) is 11.0. The predicted octanol–water partition coefficient (Wildman–Crippen LogP) is 4.04. The first-order valence-corrected chi connectivity index (χ1v) is 11.0. The van der Waals surface area contributed by atoms with E-state index in [1.807, 2.05) is 12.1 Å². The van der Waals surface area contributed by atoms with Crippen molar-refractivity contribution in [3.05, 3.63) is 60.4 Å². The van der Waals surface area contributed by atoms with Gasteiger partial charge in [-0.05, 0) is 35.9 Å². The first kappa shape index (κ1) is 22.4. The van der Waals surface area contributed by atoms with Gasteiger partial charge in [-0.1, -0.05) is 6.07 Å². The Labute approximate surface area is 201 Å². The van der Waals surface area contributed by atoms with Crippen molar-refractivity contribution in [3.63, 3.8) is 0 Å². The van der Waals surface area contributed by atoms with Crippen LogP contribution in [0.15, 0.2) is 54.9 Å². The second-order valence-corrected chi connectivity index (χ2v) is 8.67. The van der Waals surface area contributed by atoms with Crippen LogP contribution in [0.5, 0.6) is 11.5 Å². The highest BCUT2D eigenvalue weighted by atomic mass is 19.4. The number of nitrogens with zero attached hydrogens (tertiary/aromatic N) is 3. The number of aromatic nitrogens is 2. The van der Waals surface area contributed by atoms with E-state index in [0.29, 0.717) is 27.7 Å². The average molecular weight is 497 g/mol. The third-order valence-corrected chi connectivity index (χ3v) is 6.53. The molecule has 0 saturated carbocycles. The Balaban J connectivity index is 1.68. The molecule has 2 aliphatic rings. The zero-order valence-corrected chi connectivity index (χ0v) is 18.7. The summed E-state index contributed by atoms with van der Waals surface area (Å²) >= 11 is 0. The summed E-state index contributed by atoms with van der Waals surface area (Å²) in [6.07, 6.45) is -1.56. The van der Waals surface area contributed by atoms with E-state index in [-0.39, 0.29) is 24.5 Å². The molecule has 8 nitrogen and oxygen atoms in total. The maximum absolute atomic E-state index is 13.0. The number of alkyl halides is 3. The zero-order chi connectivity index (χ0) is 25.2. The molecule has 4 aromatic rings. The van der Waals surface area contributed by atoms with Gasteiger partial charge in [0.1, 0.15) is 23.7 Å². The molecule has 2 atom stereocenters. The maximum atomic E-state index is 13.0. The van der Waals surface area contributed by atoms with E-state index in [0.717, 1.165) is 17.5 Å². The van der Waals surface area contributed by atoms with Crippen LogP contribution in [0.2, 0.25) is 0 Å². The lowest BCUT2D eigenvalue weighted by Crippen LogP contribution is -2.56. The van der Waals surface area contributed by atoms with E-state index in [1.165, 1.54) is 13.2 Å². The highest BCUT2D eigenvalue weighted by molar-refractivity contribution is 6.14. The summed E-state index contributed by atoms with van der Waals surface area (Å²) in [6, 6.07) is 9.61. The number of ether oxygens (including phenoxy) is 3. The SMILES string of the molecule is COc1cc(OC(F)(F)F)ccc1N1c2c(c3cccnc3c3cccnc23)CC2(O)COC(=O)C12. The van der Waals surface area contributed by atoms with Crippen LogP contribution in [0.1, 0.15) is 5.56 Å². The van der Waals surface area contributed by atoms with Gasteiger partial charge in [-0.2, -0.15) is 0 Å². The quantitative estimate of drug-likeness (QED) is 0.335. The second-order valence-electron chi connectivity index (χ2n) is 8.67. The molecule has 0 spiro atoms. The van der Waals surface area contributed by atoms with Crippen LogP contribution in [-0.2, 0) is 16.0 Å². The molecule has 2 aromatic heterocycles. The van der Waals surface area contributed by atoms with Crippen molar-refractivity contribution in [2.45, 2.75) is 24.4 Å². The minimum atomic E-state index is -4.90. The highest BCUT2D eigenvalue weighted by Crippen LogP contribution is 2.51. The topological polar surface area (TPSA) is 94.0 Å². The molecular formula is C25H18F3N3O5. The predicted molar refractivity (Wildman–Crippen MR) is 122 cm³/mol. The van der Waals surface area contributed by atoms with Crippen LogP contribution in [0, 0.1) is 0 Å². The lowest BCUT2D eigenvalue weighted by molar-refractivity contribution is -0.274. The molecule has 2 aromatic carbocycles. The van der Waals surface area contributed by atoms with Gasteiger partial charge in [0.15, 0.2) is 6.04 Å². The molecule has 0 bridgehead atoms. The number of fused-ring (bicyclic) bond motifs is 7. The van der Waals surface area contributed by atoms with Gasteiger partial charge in [-0.25, -0.2) is 4.79 Å². The van der Waals surface area contributed by atoms with Crippen molar-refractivity contribution in [1.29, 1.82) is 0 Å². The molecular weight excluding hydrogens is 479 g/mol. The van der Waals surface area contributed by atoms with Crippen molar-refractivity contribution in [1.82, 2.24) is 9.97 Å². The molecule has 36 heavy (non-hydrogen) atoms. The van der Waals surface area contributed by atoms with Gasteiger partial charge >= 0.3 is 12.3 Å². The van der Waals surface area contributed by atoms with Gasteiger partial charge in [0.25, 0.3) is 0 Å². The van der Waals surface area contributed by atoms with E-state index in [9.17, 15) is 23.1 Å². The Bertz CT molecular complexity index is 1540. The minimum absolute atomic E-state index is 0.00187. The molecule has 4 heterocycles. The summed E-state index contributed by atoms with van der Waals surface area (Å²) in [5.74, 6) is -1.16. The zero-order valence-electron chi connectivity index (χ0n) is 18.7. The largest absolute Gasteiger partial charge is 0.573 e. The van der Waals surface area contributed by atoms with E-state index in [1.54, 1.807) is 29.4 Å². The van der Waals surface area contributed by atoms with Gasteiger partial charge in [-0.15, -0.1) is 13.2 Å². The smallest absolute Gasteiger partial charge is 0.494 e. The van der Waals surface area contributed by atoms with Crippen LogP contribution in [-0.4, -0.2) is 52.8 Å². The fourth-order valence-electron chi connectivity index (χ4n) is 5.17. The lowest BCUT2D eigenvalue weighted by atomic mass is 9.80. The number of carbonyl (C=O) groups excluding carboxylic acids is 1. The van der Waals surface area contributed by atoms with E-state index >= 15 is 0 Å². The molecule has 0 amide bonds. The fourth-order valence-corrected chi connectivity index (χ4v) is 5.17. The van der Waals surface area contributed by atoms with E-state index in [2.05, 4.69) is 14.7 Å². The maximum Gasteiger partial charge on any atom is 0.573 e. The summed E-state index contributed by atoms with van der Waals surface area (Å²) in [4.78, 5) is 23.6. The fraction of sp³-hybridized carbons (Fsp3) is 0.240.